The summed E-state index contributed by atoms with van der Waals surface area (Å²) in [5, 5.41) is 14.1. The Balaban J connectivity index is 3.38. The molecule has 0 aromatic carbocycles. The number of nitrogens with two attached hydrogens (primary N) is 1. The SMILES string of the molecule is [N-]=[N+]=NCCOOC(=O)NCCCC[C@H](N)C(=O)O. The van der Waals surface area contributed by atoms with E-state index in [0.717, 1.165) is 0 Å². The monoisotopic (exact) mass is 275 g/mol. The van der Waals surface area contributed by atoms with Gasteiger partial charge in [0.05, 0.1) is 13.2 Å². The van der Waals surface area contributed by atoms with Crippen molar-refractivity contribution < 1.29 is 24.5 Å². The van der Waals surface area contributed by atoms with Gasteiger partial charge in [-0.2, -0.15) is 4.89 Å². The molecular formula is C9H17N5O5. The molecule has 0 fully saturated rings. The van der Waals surface area contributed by atoms with Crippen LogP contribution in [0.25, 0.3) is 10.4 Å². The lowest BCUT2D eigenvalue weighted by Gasteiger charge is -2.07. The van der Waals surface area contributed by atoms with Gasteiger partial charge in [0.2, 0.25) is 0 Å². The predicted octanol–water partition coefficient (Wildman–Crippen LogP) is 0.537. The van der Waals surface area contributed by atoms with Crippen molar-refractivity contribution in [2.24, 2.45) is 10.8 Å². The van der Waals surface area contributed by atoms with Crippen LogP contribution in [-0.4, -0.2) is 42.9 Å². The fraction of sp³-hybridized carbons (Fsp3) is 0.778. The van der Waals surface area contributed by atoms with E-state index >= 15 is 0 Å². The minimum absolute atomic E-state index is 0.0229. The van der Waals surface area contributed by atoms with Crippen molar-refractivity contribution in [2.45, 2.75) is 25.3 Å². The van der Waals surface area contributed by atoms with Crippen LogP contribution in [0.3, 0.4) is 0 Å². The maximum Gasteiger partial charge on any atom is 0.438 e. The smallest absolute Gasteiger partial charge is 0.438 e. The standard InChI is InChI=1S/C9H17N5O5/c10-7(8(15)16)3-1-2-4-12-9(17)19-18-6-5-13-14-11/h7H,1-6,10H2,(H,12,17)(H,15,16)/t7-/m0/s1. The molecule has 0 aromatic rings. The number of unbranched alkanes of at least 4 members (excludes halogenated alkanes) is 1. The van der Waals surface area contributed by atoms with Crippen LogP contribution in [0.1, 0.15) is 19.3 Å². The molecule has 1 atom stereocenters. The average Bonchev–Trinajstić information content (AvgIpc) is 2.37. The average molecular weight is 275 g/mol. The Morgan fingerprint density at radius 2 is 2.21 bits per heavy atom. The van der Waals surface area contributed by atoms with Crippen LogP contribution < -0.4 is 11.1 Å². The van der Waals surface area contributed by atoms with Crippen molar-refractivity contribution >= 4 is 12.1 Å². The van der Waals surface area contributed by atoms with Crippen molar-refractivity contribution in [1.82, 2.24) is 5.32 Å². The quantitative estimate of drug-likeness (QED) is 0.132. The second-order valence-corrected chi connectivity index (χ2v) is 3.51. The van der Waals surface area contributed by atoms with Gasteiger partial charge in [0.15, 0.2) is 0 Å². The number of nitrogens with zero attached hydrogens (tertiary/aromatic N) is 3. The normalized spacial score (nSPS) is 11.2. The highest BCUT2D eigenvalue weighted by Crippen LogP contribution is 1.98. The van der Waals surface area contributed by atoms with E-state index in [4.69, 9.17) is 16.4 Å². The van der Waals surface area contributed by atoms with Crippen LogP contribution in [0.5, 0.6) is 0 Å². The van der Waals surface area contributed by atoms with Gasteiger partial charge in [-0.05, 0) is 24.8 Å². The first-order chi connectivity index (χ1) is 9.07. The van der Waals surface area contributed by atoms with Gasteiger partial charge in [0, 0.05) is 11.5 Å². The van der Waals surface area contributed by atoms with Crippen LogP contribution >= 0.6 is 0 Å². The summed E-state index contributed by atoms with van der Waals surface area (Å²) in [4.78, 5) is 32.6. The third-order valence-corrected chi connectivity index (χ3v) is 2.00. The third kappa shape index (κ3) is 10.8. The lowest BCUT2D eigenvalue weighted by atomic mass is 10.1. The second-order valence-electron chi connectivity index (χ2n) is 3.51. The number of rotatable bonds is 10. The molecule has 108 valence electrons. The maximum absolute atomic E-state index is 11.0. The summed E-state index contributed by atoms with van der Waals surface area (Å²) in [6.45, 7) is 0.368. The summed E-state index contributed by atoms with van der Waals surface area (Å²) < 4.78 is 0. The van der Waals surface area contributed by atoms with Crippen LogP contribution in [-0.2, 0) is 14.6 Å². The molecule has 0 saturated carbocycles. The van der Waals surface area contributed by atoms with Gasteiger partial charge < -0.3 is 16.2 Å². The molecule has 0 spiro atoms. The number of carbonyl (C=O) groups is 2. The van der Waals surface area contributed by atoms with Gasteiger partial charge in [-0.15, -0.1) is 0 Å². The number of hydrogen-bond donors (Lipinski definition) is 3. The lowest BCUT2D eigenvalue weighted by molar-refractivity contribution is -0.235. The van der Waals surface area contributed by atoms with E-state index < -0.39 is 18.1 Å². The number of carbonyl (C=O) groups excluding carboxylic acids is 1. The van der Waals surface area contributed by atoms with Gasteiger partial charge in [0.1, 0.15) is 6.04 Å². The van der Waals surface area contributed by atoms with E-state index in [-0.39, 0.29) is 13.2 Å². The van der Waals surface area contributed by atoms with Crippen molar-refractivity contribution in [2.75, 3.05) is 19.7 Å². The van der Waals surface area contributed by atoms with Crippen LogP contribution in [0.4, 0.5) is 4.79 Å². The Morgan fingerprint density at radius 1 is 1.47 bits per heavy atom. The van der Waals surface area contributed by atoms with E-state index in [1.807, 2.05) is 0 Å². The maximum atomic E-state index is 11.0. The Hall–Kier alpha value is -2.03. The molecule has 0 rings (SSSR count). The minimum Gasteiger partial charge on any atom is -0.480 e. The molecule has 0 bridgehead atoms. The number of hydrogen-bond acceptors (Lipinski definition) is 6. The number of nitrogens with one attached hydrogen (secondary N) is 1. The Labute approximate surface area is 109 Å². The molecule has 0 aliphatic heterocycles. The molecule has 1 amide bonds. The molecule has 10 heteroatoms. The molecule has 0 aromatic heterocycles. The van der Waals surface area contributed by atoms with Crippen LogP contribution in [0, 0.1) is 0 Å². The Morgan fingerprint density at radius 3 is 2.84 bits per heavy atom. The summed E-state index contributed by atoms with van der Waals surface area (Å²) in [7, 11) is 0. The highest BCUT2D eigenvalue weighted by Gasteiger charge is 2.10. The highest BCUT2D eigenvalue weighted by molar-refractivity contribution is 5.72. The van der Waals surface area contributed by atoms with Crippen molar-refractivity contribution in [3.05, 3.63) is 10.4 Å². The summed E-state index contributed by atoms with van der Waals surface area (Å²) in [6.07, 6.45) is 0.734. The van der Waals surface area contributed by atoms with Crippen molar-refractivity contribution in [3.8, 4) is 0 Å². The van der Waals surface area contributed by atoms with Crippen molar-refractivity contribution in [1.29, 1.82) is 0 Å². The molecule has 0 aliphatic carbocycles. The lowest BCUT2D eigenvalue weighted by Crippen LogP contribution is -2.30. The first-order valence-corrected chi connectivity index (χ1v) is 5.64. The molecule has 0 heterocycles. The van der Waals surface area contributed by atoms with Gasteiger partial charge in [-0.3, -0.25) is 9.68 Å². The fourth-order valence-corrected chi connectivity index (χ4v) is 1.05. The van der Waals surface area contributed by atoms with Gasteiger partial charge >= 0.3 is 12.1 Å². The van der Waals surface area contributed by atoms with E-state index in [2.05, 4.69) is 25.1 Å². The molecule has 0 saturated heterocycles. The Kier molecular flexibility index (Phi) is 9.90. The first kappa shape index (κ1) is 17.0. The Bertz CT molecular complexity index is 331. The fourth-order valence-electron chi connectivity index (χ4n) is 1.05. The number of aliphatic carboxylic acids is 1. The zero-order valence-corrected chi connectivity index (χ0v) is 10.3. The molecule has 0 unspecified atom stereocenters. The predicted molar refractivity (Wildman–Crippen MR) is 63.9 cm³/mol. The van der Waals surface area contributed by atoms with Gasteiger partial charge in [-0.1, -0.05) is 5.11 Å². The molecule has 10 nitrogen and oxygen atoms in total. The molecule has 19 heavy (non-hydrogen) atoms. The van der Waals surface area contributed by atoms with E-state index in [1.54, 1.807) is 0 Å². The van der Waals surface area contributed by atoms with Crippen LogP contribution in [0.15, 0.2) is 5.11 Å². The van der Waals surface area contributed by atoms with Gasteiger partial charge in [0.25, 0.3) is 0 Å². The zero-order chi connectivity index (χ0) is 14.5. The van der Waals surface area contributed by atoms with Crippen LogP contribution in [0.2, 0.25) is 0 Å². The second kappa shape index (κ2) is 11.1. The largest absolute Gasteiger partial charge is 0.480 e. The molecular weight excluding hydrogens is 258 g/mol. The third-order valence-electron chi connectivity index (χ3n) is 2.00. The number of azide groups is 1. The van der Waals surface area contributed by atoms with E-state index in [1.165, 1.54) is 0 Å². The first-order valence-electron chi connectivity index (χ1n) is 5.64. The highest BCUT2D eigenvalue weighted by atomic mass is 17.2. The topological polar surface area (TPSA) is 160 Å². The molecule has 0 aliphatic rings. The van der Waals surface area contributed by atoms with Crippen molar-refractivity contribution in [3.63, 3.8) is 0 Å². The minimum atomic E-state index is -1.04. The summed E-state index contributed by atoms with van der Waals surface area (Å²) in [5.74, 6) is -1.04. The number of carboxylic acids is 1. The summed E-state index contributed by atoms with van der Waals surface area (Å²) >= 11 is 0. The number of carboxylic acid groups (broad SMARTS) is 1. The molecule has 0 radical (unpaired) electrons. The number of amides is 1. The molecule has 4 N–H and O–H groups in total. The summed E-state index contributed by atoms with van der Waals surface area (Å²) in [6, 6.07) is -0.879. The zero-order valence-electron chi connectivity index (χ0n) is 10.3. The van der Waals surface area contributed by atoms with Gasteiger partial charge in [-0.25, -0.2) is 4.79 Å². The van der Waals surface area contributed by atoms with E-state index in [9.17, 15) is 9.59 Å². The summed E-state index contributed by atoms with van der Waals surface area (Å²) in [5.41, 5.74) is 13.2. The van der Waals surface area contributed by atoms with E-state index in [0.29, 0.717) is 25.8 Å².